The molecule has 0 bridgehead atoms. The number of aryl methyl sites for hydroxylation is 3. The fourth-order valence-electron chi connectivity index (χ4n) is 2.79. The molecule has 0 aromatic heterocycles. The summed E-state index contributed by atoms with van der Waals surface area (Å²) in [4.78, 5) is 12.8. The maximum atomic E-state index is 12.8. The Morgan fingerprint density at radius 2 is 1.40 bits per heavy atom. The van der Waals surface area contributed by atoms with E-state index in [0.717, 1.165) is 28.2 Å². The van der Waals surface area contributed by atoms with Gasteiger partial charge in [-0.25, -0.2) is 0 Å². The zero-order chi connectivity index (χ0) is 17.8. The molecule has 0 heterocycles. The number of amides is 1. The Labute approximate surface area is 148 Å². The molecule has 0 atom stereocenters. The second-order valence-corrected chi connectivity index (χ2v) is 6.26. The van der Waals surface area contributed by atoms with Crippen LogP contribution < -0.4 is 10.6 Å². The summed E-state index contributed by atoms with van der Waals surface area (Å²) in [6.07, 6.45) is 0. The van der Waals surface area contributed by atoms with Crippen LogP contribution in [0.1, 0.15) is 27.0 Å². The van der Waals surface area contributed by atoms with Gasteiger partial charge in [-0.2, -0.15) is 0 Å². The van der Waals surface area contributed by atoms with E-state index in [4.69, 9.17) is 0 Å². The number of benzene rings is 3. The molecule has 0 radical (unpaired) electrons. The van der Waals surface area contributed by atoms with E-state index >= 15 is 0 Å². The van der Waals surface area contributed by atoms with Crippen LogP contribution in [0.4, 0.5) is 17.1 Å². The highest BCUT2D eigenvalue weighted by molar-refractivity contribution is 6.08. The Hall–Kier alpha value is -3.07. The smallest absolute Gasteiger partial charge is 0.257 e. The number of carbonyl (C=O) groups excluding carboxylic acids is 1. The van der Waals surface area contributed by atoms with Gasteiger partial charge in [0.1, 0.15) is 0 Å². The van der Waals surface area contributed by atoms with Gasteiger partial charge in [-0.05, 0) is 56.2 Å². The van der Waals surface area contributed by atoms with Crippen molar-refractivity contribution in [1.82, 2.24) is 0 Å². The van der Waals surface area contributed by atoms with Crippen LogP contribution in [0.5, 0.6) is 0 Å². The van der Waals surface area contributed by atoms with Gasteiger partial charge < -0.3 is 10.6 Å². The lowest BCUT2D eigenvalue weighted by Gasteiger charge is -2.15. The maximum absolute atomic E-state index is 12.8. The zero-order valence-electron chi connectivity index (χ0n) is 14.8. The van der Waals surface area contributed by atoms with Crippen molar-refractivity contribution in [3.05, 3.63) is 89.0 Å². The largest absolute Gasteiger partial charge is 0.355 e. The number of nitrogens with one attached hydrogen (secondary N) is 2. The third-order valence-corrected chi connectivity index (χ3v) is 4.22. The summed E-state index contributed by atoms with van der Waals surface area (Å²) in [7, 11) is 0. The molecule has 0 aliphatic heterocycles. The summed E-state index contributed by atoms with van der Waals surface area (Å²) in [6, 6.07) is 21.6. The first-order valence-electron chi connectivity index (χ1n) is 8.35. The van der Waals surface area contributed by atoms with Crippen LogP contribution >= 0.6 is 0 Å². The van der Waals surface area contributed by atoms with Crippen molar-refractivity contribution < 1.29 is 4.79 Å². The van der Waals surface area contributed by atoms with Crippen LogP contribution in [0.25, 0.3) is 0 Å². The van der Waals surface area contributed by atoms with Gasteiger partial charge in [0.15, 0.2) is 0 Å². The molecule has 0 unspecified atom stereocenters. The first-order valence-corrected chi connectivity index (χ1v) is 8.35. The van der Waals surface area contributed by atoms with Gasteiger partial charge in [-0.1, -0.05) is 48.0 Å². The highest BCUT2D eigenvalue weighted by Gasteiger charge is 2.13. The number of rotatable bonds is 4. The van der Waals surface area contributed by atoms with Crippen LogP contribution in [0, 0.1) is 20.8 Å². The van der Waals surface area contributed by atoms with Gasteiger partial charge in [0.05, 0.1) is 11.3 Å². The minimum absolute atomic E-state index is 0.123. The van der Waals surface area contributed by atoms with Gasteiger partial charge >= 0.3 is 0 Å². The molecular formula is C22H22N2O. The Kier molecular flexibility index (Phi) is 4.85. The molecule has 3 aromatic rings. The van der Waals surface area contributed by atoms with Gasteiger partial charge in [-0.15, -0.1) is 0 Å². The summed E-state index contributed by atoms with van der Waals surface area (Å²) < 4.78 is 0. The van der Waals surface area contributed by atoms with E-state index in [1.165, 1.54) is 5.56 Å². The molecule has 126 valence electrons. The van der Waals surface area contributed by atoms with E-state index in [-0.39, 0.29) is 5.91 Å². The van der Waals surface area contributed by atoms with Gasteiger partial charge in [0.2, 0.25) is 0 Å². The summed E-state index contributed by atoms with van der Waals surface area (Å²) in [6.45, 7) is 6.11. The molecule has 0 saturated heterocycles. The number of para-hydroxylation sites is 2. The quantitative estimate of drug-likeness (QED) is 0.653. The van der Waals surface area contributed by atoms with Gasteiger partial charge in [-0.3, -0.25) is 4.79 Å². The average Bonchev–Trinajstić information content (AvgIpc) is 2.60. The highest BCUT2D eigenvalue weighted by atomic mass is 16.1. The van der Waals surface area contributed by atoms with Crippen LogP contribution in [-0.4, -0.2) is 5.91 Å². The van der Waals surface area contributed by atoms with Crippen molar-refractivity contribution in [3.63, 3.8) is 0 Å². The third-order valence-electron chi connectivity index (χ3n) is 4.22. The van der Waals surface area contributed by atoms with Crippen molar-refractivity contribution in [1.29, 1.82) is 0 Å². The first kappa shape index (κ1) is 16.8. The molecule has 3 aromatic carbocycles. The Morgan fingerprint density at radius 3 is 2.12 bits per heavy atom. The molecular weight excluding hydrogens is 308 g/mol. The topological polar surface area (TPSA) is 41.1 Å². The second kappa shape index (κ2) is 7.22. The van der Waals surface area contributed by atoms with Crippen molar-refractivity contribution in [3.8, 4) is 0 Å². The molecule has 0 saturated carbocycles. The molecule has 1 amide bonds. The van der Waals surface area contributed by atoms with Crippen LogP contribution in [0.3, 0.4) is 0 Å². The van der Waals surface area contributed by atoms with Crippen molar-refractivity contribution in [2.45, 2.75) is 20.8 Å². The highest BCUT2D eigenvalue weighted by Crippen LogP contribution is 2.25. The van der Waals surface area contributed by atoms with E-state index in [0.29, 0.717) is 5.56 Å². The van der Waals surface area contributed by atoms with E-state index in [1.54, 1.807) is 0 Å². The molecule has 25 heavy (non-hydrogen) atoms. The van der Waals surface area contributed by atoms with Crippen LogP contribution in [-0.2, 0) is 0 Å². The number of carbonyl (C=O) groups is 1. The SMILES string of the molecule is Cc1ccc(Nc2ccccc2C(=O)Nc2ccccc2C)c(C)c1. The Balaban J connectivity index is 1.88. The monoisotopic (exact) mass is 330 g/mol. The lowest BCUT2D eigenvalue weighted by molar-refractivity contribution is 0.102. The zero-order valence-corrected chi connectivity index (χ0v) is 14.8. The van der Waals surface area contributed by atoms with E-state index in [2.05, 4.69) is 36.6 Å². The maximum Gasteiger partial charge on any atom is 0.257 e. The molecule has 0 aliphatic rings. The number of hydrogen-bond donors (Lipinski definition) is 2. The van der Waals surface area contributed by atoms with Crippen molar-refractivity contribution >= 4 is 23.0 Å². The normalized spacial score (nSPS) is 10.4. The van der Waals surface area contributed by atoms with Crippen molar-refractivity contribution in [2.75, 3.05) is 10.6 Å². The Bertz CT molecular complexity index is 915. The molecule has 0 spiro atoms. The minimum Gasteiger partial charge on any atom is -0.355 e. The van der Waals surface area contributed by atoms with E-state index in [1.807, 2.05) is 61.5 Å². The van der Waals surface area contributed by atoms with Crippen LogP contribution in [0.15, 0.2) is 66.7 Å². The van der Waals surface area contributed by atoms with Crippen LogP contribution in [0.2, 0.25) is 0 Å². The lowest BCUT2D eigenvalue weighted by Crippen LogP contribution is -2.14. The summed E-state index contributed by atoms with van der Waals surface area (Å²) >= 11 is 0. The standard InChI is InChI=1S/C22H22N2O/c1-15-12-13-20(17(3)14-15)23-21-11-7-5-9-18(21)22(25)24-19-10-6-4-8-16(19)2/h4-14,23H,1-3H3,(H,24,25). The summed E-state index contributed by atoms with van der Waals surface area (Å²) in [5.74, 6) is -0.123. The predicted molar refractivity (Wildman–Crippen MR) is 105 cm³/mol. The second-order valence-electron chi connectivity index (χ2n) is 6.26. The predicted octanol–water partition coefficient (Wildman–Crippen LogP) is 5.61. The average molecular weight is 330 g/mol. The Morgan fingerprint density at radius 1 is 0.720 bits per heavy atom. The molecule has 0 fully saturated rings. The number of anilines is 3. The van der Waals surface area contributed by atoms with E-state index in [9.17, 15) is 4.79 Å². The van der Waals surface area contributed by atoms with Crippen molar-refractivity contribution in [2.24, 2.45) is 0 Å². The van der Waals surface area contributed by atoms with Gasteiger partial charge in [0.25, 0.3) is 5.91 Å². The van der Waals surface area contributed by atoms with Gasteiger partial charge in [0, 0.05) is 11.4 Å². The van der Waals surface area contributed by atoms with E-state index < -0.39 is 0 Å². The molecule has 0 aliphatic carbocycles. The third kappa shape index (κ3) is 3.89. The molecule has 3 heteroatoms. The fourth-order valence-corrected chi connectivity index (χ4v) is 2.79. The fraction of sp³-hybridized carbons (Fsp3) is 0.136. The molecule has 2 N–H and O–H groups in total. The minimum atomic E-state index is -0.123. The first-order chi connectivity index (χ1) is 12.0. The number of hydrogen-bond acceptors (Lipinski definition) is 2. The molecule has 3 nitrogen and oxygen atoms in total. The molecule has 3 rings (SSSR count). The summed E-state index contributed by atoms with van der Waals surface area (Å²) in [5, 5.41) is 6.39. The summed E-state index contributed by atoms with van der Waals surface area (Å²) in [5.41, 5.74) is 6.64. The lowest BCUT2D eigenvalue weighted by atomic mass is 10.1.